The van der Waals surface area contributed by atoms with Crippen LogP contribution in [0.5, 0.6) is 0 Å². The van der Waals surface area contributed by atoms with Gasteiger partial charge in [-0.2, -0.15) is 0 Å². The number of esters is 1. The lowest BCUT2D eigenvalue weighted by Crippen LogP contribution is -2.59. The smallest absolute Gasteiger partial charge is 0.306 e. The molecule has 0 amide bonds. The Hall–Kier alpha value is -2.37. The molecule has 0 aliphatic carbocycles. The van der Waals surface area contributed by atoms with Crippen LogP contribution in [-0.2, 0) is 23.7 Å². The Kier molecular flexibility index (Phi) is 39.8. The monoisotopic (exact) mass is 859 g/mol. The highest BCUT2D eigenvalue weighted by Crippen LogP contribution is 2.22. The molecule has 1 rings (SSSR count). The van der Waals surface area contributed by atoms with Crippen molar-refractivity contribution >= 4 is 5.97 Å². The third-order valence-corrected chi connectivity index (χ3v) is 10.9. The van der Waals surface area contributed by atoms with Gasteiger partial charge in [0, 0.05) is 13.0 Å². The van der Waals surface area contributed by atoms with Gasteiger partial charge >= 0.3 is 5.97 Å². The van der Waals surface area contributed by atoms with E-state index in [1.165, 1.54) is 77.0 Å². The van der Waals surface area contributed by atoms with E-state index in [1.807, 2.05) is 0 Å². The van der Waals surface area contributed by atoms with Crippen LogP contribution in [-0.4, -0.2) is 89.6 Å². The van der Waals surface area contributed by atoms with Crippen LogP contribution in [0.15, 0.2) is 72.9 Å². The van der Waals surface area contributed by atoms with Crippen molar-refractivity contribution in [3.63, 3.8) is 0 Å². The van der Waals surface area contributed by atoms with Gasteiger partial charge < -0.3 is 39.4 Å². The average molecular weight is 859 g/mol. The van der Waals surface area contributed by atoms with Crippen LogP contribution in [0.3, 0.4) is 0 Å². The quantitative estimate of drug-likeness (QED) is 0.0269. The predicted octanol–water partition coefficient (Wildman–Crippen LogP) is 11.6. The maximum absolute atomic E-state index is 12.8. The maximum atomic E-state index is 12.8. The number of hydrogen-bond donors (Lipinski definition) is 4. The molecule has 9 nitrogen and oxygen atoms in total. The summed E-state index contributed by atoms with van der Waals surface area (Å²) in [6.07, 6.45) is 49.2. The van der Waals surface area contributed by atoms with Gasteiger partial charge in [0.2, 0.25) is 0 Å². The molecule has 0 bridgehead atoms. The van der Waals surface area contributed by atoms with Crippen molar-refractivity contribution in [2.75, 3.05) is 26.4 Å². The topological polar surface area (TPSA) is 135 Å². The Morgan fingerprint density at radius 3 is 1.51 bits per heavy atom. The summed E-state index contributed by atoms with van der Waals surface area (Å²) in [5.41, 5.74) is 0. The van der Waals surface area contributed by atoms with Crippen LogP contribution < -0.4 is 0 Å². The third kappa shape index (κ3) is 33.8. The number of aliphatic hydroxyl groups is 4. The first-order valence-electron chi connectivity index (χ1n) is 24.5. The molecule has 6 atom stereocenters. The number of unbranched alkanes of at least 4 members (excludes halogenated alkanes) is 18. The largest absolute Gasteiger partial charge is 0.457 e. The molecular weight excluding hydrogens is 769 g/mol. The number of ether oxygens (including phenoxy) is 4. The minimum atomic E-state index is -1.54. The number of allylic oxidation sites excluding steroid dienone is 12. The zero-order valence-electron chi connectivity index (χ0n) is 38.6. The molecule has 1 saturated heterocycles. The molecule has 61 heavy (non-hydrogen) atoms. The highest BCUT2D eigenvalue weighted by molar-refractivity contribution is 5.69. The zero-order chi connectivity index (χ0) is 44.3. The van der Waals surface area contributed by atoms with E-state index < -0.39 is 43.4 Å². The highest BCUT2D eigenvalue weighted by Gasteiger charge is 2.44. The summed E-state index contributed by atoms with van der Waals surface area (Å²) in [4.78, 5) is 12.8. The van der Waals surface area contributed by atoms with Crippen LogP contribution in [0.1, 0.15) is 187 Å². The molecule has 1 fully saturated rings. The zero-order valence-corrected chi connectivity index (χ0v) is 38.6. The molecule has 352 valence electrons. The fourth-order valence-electron chi connectivity index (χ4n) is 7.04. The second-order valence-electron chi connectivity index (χ2n) is 16.5. The Labute approximate surface area is 372 Å². The van der Waals surface area contributed by atoms with Crippen molar-refractivity contribution in [2.24, 2.45) is 0 Å². The van der Waals surface area contributed by atoms with E-state index in [0.717, 1.165) is 89.9 Å². The van der Waals surface area contributed by atoms with E-state index in [2.05, 4.69) is 86.8 Å². The Morgan fingerprint density at radius 1 is 0.541 bits per heavy atom. The van der Waals surface area contributed by atoms with Crippen molar-refractivity contribution < 1.29 is 44.2 Å². The van der Waals surface area contributed by atoms with Crippen molar-refractivity contribution in [3.05, 3.63) is 72.9 Å². The molecule has 0 aromatic carbocycles. The van der Waals surface area contributed by atoms with Crippen molar-refractivity contribution in [3.8, 4) is 0 Å². The molecule has 1 aliphatic rings. The van der Waals surface area contributed by atoms with Crippen molar-refractivity contribution in [1.82, 2.24) is 0 Å². The summed E-state index contributed by atoms with van der Waals surface area (Å²) < 4.78 is 22.9. The van der Waals surface area contributed by atoms with Gasteiger partial charge in [0.25, 0.3) is 0 Å². The van der Waals surface area contributed by atoms with Crippen molar-refractivity contribution in [2.45, 2.75) is 224 Å². The molecule has 0 saturated carbocycles. The standard InChI is InChI=1S/C52H90O9/c1-3-5-7-9-11-13-15-17-19-21-23-24-26-28-30-32-34-36-38-40-42-58-44-46(45-59-52-51(57)50(56)49(55)47(43-53)61-52)60-48(54)41-39-37-35-33-31-29-27-25-22-20-18-16-14-12-10-8-6-4-2/h5,7,11,13-14,16-17,19-20,22-24,46-47,49-53,55-57H,3-4,6,8-10,12,15,18,21,25-45H2,1-2H3/b7-5-,13-11-,16-14-,19-17-,22-20-,24-23-. The Bertz CT molecular complexity index is 1160. The number of carbonyl (C=O) groups excluding carboxylic acids is 1. The molecule has 0 radical (unpaired) electrons. The summed E-state index contributed by atoms with van der Waals surface area (Å²) in [5, 5.41) is 40.2. The lowest BCUT2D eigenvalue weighted by Gasteiger charge is -2.39. The fraction of sp³-hybridized carbons (Fsp3) is 0.750. The van der Waals surface area contributed by atoms with Crippen LogP contribution in [0.2, 0.25) is 0 Å². The van der Waals surface area contributed by atoms with Gasteiger partial charge in [-0.25, -0.2) is 0 Å². The Morgan fingerprint density at radius 2 is 1.00 bits per heavy atom. The molecule has 4 N–H and O–H groups in total. The fourth-order valence-corrected chi connectivity index (χ4v) is 7.04. The summed E-state index contributed by atoms with van der Waals surface area (Å²) >= 11 is 0. The summed E-state index contributed by atoms with van der Waals surface area (Å²) in [6.45, 7) is 4.39. The van der Waals surface area contributed by atoms with Gasteiger partial charge in [0.15, 0.2) is 6.29 Å². The van der Waals surface area contributed by atoms with E-state index in [0.29, 0.717) is 13.0 Å². The van der Waals surface area contributed by atoms with Crippen LogP contribution >= 0.6 is 0 Å². The van der Waals surface area contributed by atoms with Crippen LogP contribution in [0.25, 0.3) is 0 Å². The van der Waals surface area contributed by atoms with E-state index in [-0.39, 0.29) is 19.2 Å². The summed E-state index contributed by atoms with van der Waals surface area (Å²) in [5.74, 6) is -0.328. The first-order valence-corrected chi connectivity index (χ1v) is 24.5. The normalized spacial score (nSPS) is 20.5. The predicted molar refractivity (Wildman–Crippen MR) is 251 cm³/mol. The van der Waals surface area contributed by atoms with Gasteiger partial charge in [-0.1, -0.05) is 170 Å². The lowest BCUT2D eigenvalue weighted by molar-refractivity contribution is -0.305. The van der Waals surface area contributed by atoms with E-state index in [9.17, 15) is 25.2 Å². The second kappa shape index (κ2) is 42.9. The molecule has 6 unspecified atom stereocenters. The second-order valence-corrected chi connectivity index (χ2v) is 16.5. The SMILES string of the molecule is CC/C=C\C/C=C\C/C=C\C/C=C\CCCCCCCCCOCC(COC1OC(CO)C(O)C(O)C1O)OC(=O)CCCCCCCCC/C=C\C/C=C\CCCCCC. The van der Waals surface area contributed by atoms with Gasteiger partial charge in [-0.05, 0) is 83.5 Å². The number of aliphatic hydroxyl groups excluding tert-OH is 4. The van der Waals surface area contributed by atoms with E-state index in [4.69, 9.17) is 18.9 Å². The van der Waals surface area contributed by atoms with Gasteiger partial charge in [0.05, 0.1) is 19.8 Å². The van der Waals surface area contributed by atoms with Gasteiger partial charge in [-0.15, -0.1) is 0 Å². The van der Waals surface area contributed by atoms with Crippen molar-refractivity contribution in [1.29, 1.82) is 0 Å². The minimum absolute atomic E-state index is 0.125. The average Bonchev–Trinajstić information content (AvgIpc) is 3.26. The van der Waals surface area contributed by atoms with E-state index >= 15 is 0 Å². The Balaban J connectivity index is 2.25. The molecule has 0 spiro atoms. The first-order chi connectivity index (χ1) is 29.9. The molecular formula is C52H90O9. The number of hydrogen-bond acceptors (Lipinski definition) is 9. The summed E-state index contributed by atoms with van der Waals surface area (Å²) in [7, 11) is 0. The molecule has 0 aromatic rings. The molecule has 1 heterocycles. The number of rotatable bonds is 41. The third-order valence-electron chi connectivity index (χ3n) is 10.9. The molecule has 1 aliphatic heterocycles. The number of carbonyl (C=O) groups is 1. The van der Waals surface area contributed by atoms with Crippen LogP contribution in [0.4, 0.5) is 0 Å². The van der Waals surface area contributed by atoms with Gasteiger partial charge in [-0.3, -0.25) is 4.79 Å². The molecule has 0 aromatic heterocycles. The molecule has 9 heteroatoms. The lowest BCUT2D eigenvalue weighted by atomic mass is 9.99. The van der Waals surface area contributed by atoms with E-state index in [1.54, 1.807) is 0 Å². The summed E-state index contributed by atoms with van der Waals surface area (Å²) in [6, 6.07) is 0. The maximum Gasteiger partial charge on any atom is 0.306 e. The van der Waals surface area contributed by atoms with Crippen LogP contribution in [0, 0.1) is 0 Å². The van der Waals surface area contributed by atoms with Gasteiger partial charge in [0.1, 0.15) is 30.5 Å². The minimum Gasteiger partial charge on any atom is -0.457 e. The first kappa shape index (κ1) is 56.6. The highest BCUT2D eigenvalue weighted by atomic mass is 16.7.